The average Bonchev–Trinajstić information content (AvgIpc) is 2.95. The molecule has 176 valence electrons. The standard InChI is InChI=1S/C20H16Cl3F3N4O3/c1-29-15(28-17(19(21,22)23)27-12-6-8-14(33-2)9-7-12)16(31)30(18(29)32)13-5-3-4-11(10-13)20(24,25)26/h3-10,17,27H,1-2H3. The fourth-order valence-corrected chi connectivity index (χ4v) is 3.23. The minimum absolute atomic E-state index is 0.273. The Morgan fingerprint density at radius 3 is 2.24 bits per heavy atom. The highest BCUT2D eigenvalue weighted by Gasteiger charge is 2.44. The molecule has 7 nitrogen and oxygen atoms in total. The molecule has 3 amide bonds. The Morgan fingerprint density at radius 2 is 1.70 bits per heavy atom. The summed E-state index contributed by atoms with van der Waals surface area (Å²) in [6.07, 6.45) is -5.99. The van der Waals surface area contributed by atoms with Crippen LogP contribution < -0.4 is 15.0 Å². The number of amidine groups is 1. The topological polar surface area (TPSA) is 74.2 Å². The van der Waals surface area contributed by atoms with Crippen LogP contribution in [0.2, 0.25) is 0 Å². The second kappa shape index (κ2) is 9.28. The van der Waals surface area contributed by atoms with Crippen LogP contribution in [0.15, 0.2) is 53.5 Å². The molecule has 33 heavy (non-hydrogen) atoms. The number of ether oxygens (including phenoxy) is 1. The number of hydrogen-bond donors (Lipinski definition) is 1. The van der Waals surface area contributed by atoms with E-state index in [1.54, 1.807) is 24.3 Å². The van der Waals surface area contributed by atoms with Crippen LogP contribution in [0, 0.1) is 0 Å². The Hall–Kier alpha value is -2.69. The van der Waals surface area contributed by atoms with Gasteiger partial charge in [0.15, 0.2) is 6.17 Å². The van der Waals surface area contributed by atoms with Crippen LogP contribution in [-0.4, -0.2) is 46.8 Å². The predicted octanol–water partition coefficient (Wildman–Crippen LogP) is 5.32. The van der Waals surface area contributed by atoms with Crippen molar-refractivity contribution in [3.8, 4) is 5.75 Å². The number of amides is 3. The third-order valence-corrected chi connectivity index (χ3v) is 5.20. The first-order valence-electron chi connectivity index (χ1n) is 9.17. The van der Waals surface area contributed by atoms with Crippen LogP contribution >= 0.6 is 34.8 Å². The number of likely N-dealkylation sites (N-methyl/N-ethyl adjacent to an activating group) is 1. The Morgan fingerprint density at radius 1 is 1.06 bits per heavy atom. The molecular formula is C20H16Cl3F3N4O3. The van der Waals surface area contributed by atoms with Crippen molar-refractivity contribution in [3.63, 3.8) is 0 Å². The Kier molecular flexibility index (Phi) is 7.01. The van der Waals surface area contributed by atoms with Gasteiger partial charge in [0, 0.05) is 12.7 Å². The van der Waals surface area contributed by atoms with Crippen molar-refractivity contribution in [3.05, 3.63) is 54.1 Å². The van der Waals surface area contributed by atoms with Crippen molar-refractivity contribution < 1.29 is 27.5 Å². The number of aliphatic imine (C=N–C) groups is 1. The maximum Gasteiger partial charge on any atom is 0.416 e. The third-order valence-electron chi connectivity index (χ3n) is 4.58. The van der Waals surface area contributed by atoms with Crippen molar-refractivity contribution in [2.24, 2.45) is 4.99 Å². The van der Waals surface area contributed by atoms with Gasteiger partial charge < -0.3 is 10.1 Å². The number of carbonyl (C=O) groups is 2. The van der Waals surface area contributed by atoms with Crippen molar-refractivity contribution in [1.82, 2.24) is 4.90 Å². The van der Waals surface area contributed by atoms with Gasteiger partial charge in [-0.15, -0.1) is 0 Å². The maximum absolute atomic E-state index is 13.1. The first-order chi connectivity index (χ1) is 15.3. The smallest absolute Gasteiger partial charge is 0.416 e. The van der Waals surface area contributed by atoms with Crippen LogP contribution in [0.3, 0.4) is 0 Å². The molecule has 0 spiro atoms. The van der Waals surface area contributed by atoms with Gasteiger partial charge in [-0.05, 0) is 42.5 Å². The zero-order chi connectivity index (χ0) is 24.6. The van der Waals surface area contributed by atoms with E-state index in [1.165, 1.54) is 20.2 Å². The van der Waals surface area contributed by atoms with E-state index >= 15 is 0 Å². The van der Waals surface area contributed by atoms with E-state index in [-0.39, 0.29) is 5.69 Å². The molecule has 1 heterocycles. The summed E-state index contributed by atoms with van der Waals surface area (Å²) < 4.78 is 42.3. The first-order valence-corrected chi connectivity index (χ1v) is 10.3. The highest BCUT2D eigenvalue weighted by Crippen LogP contribution is 2.35. The number of benzene rings is 2. The van der Waals surface area contributed by atoms with Crippen LogP contribution in [0.25, 0.3) is 0 Å². The molecule has 3 rings (SSSR count). The first kappa shape index (κ1) is 24.9. The Bertz CT molecular complexity index is 1090. The molecule has 0 bridgehead atoms. The number of carbonyl (C=O) groups excluding carboxylic acids is 2. The van der Waals surface area contributed by atoms with Gasteiger partial charge in [0.25, 0.3) is 0 Å². The van der Waals surface area contributed by atoms with E-state index in [4.69, 9.17) is 39.5 Å². The number of imide groups is 1. The fourth-order valence-electron chi connectivity index (χ4n) is 2.92. The number of alkyl halides is 6. The number of nitrogens with one attached hydrogen (secondary N) is 1. The molecule has 1 atom stereocenters. The summed E-state index contributed by atoms with van der Waals surface area (Å²) in [5, 5.41) is 2.84. The molecule has 1 aliphatic rings. The second-order valence-electron chi connectivity index (χ2n) is 6.80. The van der Waals surface area contributed by atoms with E-state index in [0.717, 1.165) is 17.0 Å². The molecule has 13 heteroatoms. The van der Waals surface area contributed by atoms with Crippen LogP contribution in [0.5, 0.6) is 5.75 Å². The SMILES string of the molecule is COc1ccc(NC(N=C2C(=O)N(c3cccc(C(F)(F)F)c3)C(=O)N2C)C(Cl)(Cl)Cl)cc1. The summed E-state index contributed by atoms with van der Waals surface area (Å²) in [7, 11) is 2.72. The summed E-state index contributed by atoms with van der Waals surface area (Å²) in [6, 6.07) is 9.39. The van der Waals surface area contributed by atoms with Gasteiger partial charge in [-0.1, -0.05) is 40.9 Å². The third kappa shape index (κ3) is 5.45. The van der Waals surface area contributed by atoms with E-state index in [2.05, 4.69) is 10.3 Å². The largest absolute Gasteiger partial charge is 0.497 e. The number of hydrogen-bond acceptors (Lipinski definition) is 5. The summed E-state index contributed by atoms with van der Waals surface area (Å²) in [4.78, 5) is 31.2. The van der Waals surface area contributed by atoms with Crippen LogP contribution in [-0.2, 0) is 11.0 Å². The van der Waals surface area contributed by atoms with Gasteiger partial charge in [-0.3, -0.25) is 9.69 Å². The van der Waals surface area contributed by atoms with Crippen LogP contribution in [0.1, 0.15) is 5.56 Å². The van der Waals surface area contributed by atoms with Crippen molar-refractivity contribution in [2.75, 3.05) is 24.4 Å². The highest BCUT2D eigenvalue weighted by atomic mass is 35.6. The Balaban J connectivity index is 1.95. The molecule has 0 aromatic heterocycles. The minimum Gasteiger partial charge on any atom is -0.497 e. The quantitative estimate of drug-likeness (QED) is 0.425. The van der Waals surface area contributed by atoms with Gasteiger partial charge >= 0.3 is 18.1 Å². The van der Waals surface area contributed by atoms with E-state index in [0.29, 0.717) is 22.4 Å². The number of urea groups is 1. The predicted molar refractivity (Wildman–Crippen MR) is 120 cm³/mol. The molecule has 1 N–H and O–H groups in total. The fraction of sp³-hybridized carbons (Fsp3) is 0.250. The van der Waals surface area contributed by atoms with Gasteiger partial charge in [-0.25, -0.2) is 14.7 Å². The minimum atomic E-state index is -4.66. The lowest BCUT2D eigenvalue weighted by atomic mass is 10.2. The van der Waals surface area contributed by atoms with Crippen molar-refractivity contribution >= 4 is 64.0 Å². The molecule has 0 aliphatic carbocycles. The number of halogens is 6. The van der Waals surface area contributed by atoms with Gasteiger partial charge in [0.2, 0.25) is 9.63 Å². The molecule has 0 radical (unpaired) electrons. The zero-order valence-electron chi connectivity index (χ0n) is 17.0. The van der Waals surface area contributed by atoms with Crippen LogP contribution in [0.4, 0.5) is 29.3 Å². The summed E-state index contributed by atoms with van der Waals surface area (Å²) in [6.45, 7) is 0. The van der Waals surface area contributed by atoms with Crippen molar-refractivity contribution in [2.45, 2.75) is 16.1 Å². The number of methoxy groups -OCH3 is 1. The lowest BCUT2D eigenvalue weighted by molar-refractivity contribution is -0.137. The Labute approximate surface area is 201 Å². The maximum atomic E-state index is 13.1. The van der Waals surface area contributed by atoms with Gasteiger partial charge in [0.05, 0.1) is 18.4 Å². The lowest BCUT2D eigenvalue weighted by Crippen LogP contribution is -2.36. The number of rotatable bonds is 5. The summed E-state index contributed by atoms with van der Waals surface area (Å²) >= 11 is 18.1. The van der Waals surface area contributed by atoms with E-state index in [1.807, 2.05) is 0 Å². The average molecular weight is 524 g/mol. The molecule has 1 unspecified atom stereocenters. The van der Waals surface area contributed by atoms with E-state index in [9.17, 15) is 22.8 Å². The normalized spacial score (nSPS) is 17.0. The highest BCUT2D eigenvalue weighted by molar-refractivity contribution is 6.68. The molecule has 1 fully saturated rings. The molecule has 2 aromatic rings. The summed E-state index contributed by atoms with van der Waals surface area (Å²) in [5.74, 6) is -0.822. The molecule has 2 aromatic carbocycles. The number of anilines is 2. The summed E-state index contributed by atoms with van der Waals surface area (Å²) in [5.41, 5.74) is -0.829. The second-order valence-corrected chi connectivity index (χ2v) is 9.17. The zero-order valence-corrected chi connectivity index (χ0v) is 19.3. The van der Waals surface area contributed by atoms with E-state index < -0.39 is 39.5 Å². The van der Waals surface area contributed by atoms with Gasteiger partial charge in [-0.2, -0.15) is 13.2 Å². The van der Waals surface area contributed by atoms with Gasteiger partial charge in [0.1, 0.15) is 5.75 Å². The lowest BCUT2D eigenvalue weighted by Gasteiger charge is -2.24. The molecule has 1 saturated heterocycles. The monoisotopic (exact) mass is 522 g/mol. The molecule has 0 saturated carbocycles. The molecular weight excluding hydrogens is 508 g/mol. The van der Waals surface area contributed by atoms with Crippen molar-refractivity contribution in [1.29, 1.82) is 0 Å². The molecule has 1 aliphatic heterocycles. The number of nitrogens with zero attached hydrogens (tertiary/aromatic N) is 3.